The zero-order valence-corrected chi connectivity index (χ0v) is 18.5. The number of rotatable bonds is 4. The summed E-state index contributed by atoms with van der Waals surface area (Å²) in [5, 5.41) is 5.38. The van der Waals surface area contributed by atoms with Crippen molar-refractivity contribution >= 4 is 37.4 Å². The fourth-order valence-electron chi connectivity index (χ4n) is 4.03. The van der Waals surface area contributed by atoms with Crippen LogP contribution >= 0.6 is 0 Å². The Hall–Kier alpha value is -2.31. The molecule has 3 aliphatic rings. The molecule has 0 N–H and O–H groups in total. The standard InChI is InChI=1S/C19H24N4O6S2/c24-18-7-6-17(20-23(18)15-8-13-30(26,27)14-15)19(25)21-9-11-22(12-10-21)31(28,29)16-4-2-1-3-5-16/h1-5,15H,6-14H2/t15-/m0/s1. The van der Waals surface area contributed by atoms with Gasteiger partial charge < -0.3 is 4.90 Å². The summed E-state index contributed by atoms with van der Waals surface area (Å²) in [6.45, 7) is 0.769. The van der Waals surface area contributed by atoms with E-state index in [2.05, 4.69) is 5.10 Å². The van der Waals surface area contributed by atoms with E-state index in [4.69, 9.17) is 0 Å². The lowest BCUT2D eigenvalue weighted by Gasteiger charge is -2.35. The van der Waals surface area contributed by atoms with Crippen LogP contribution in [-0.2, 0) is 29.4 Å². The molecule has 2 saturated heterocycles. The SMILES string of the molecule is O=C(C1=NN([C@H]2CCS(=O)(=O)C2)C(=O)CC1)N1CCN(S(=O)(=O)c2ccccc2)CC1. The maximum absolute atomic E-state index is 12.9. The second-order valence-corrected chi connectivity index (χ2v) is 12.0. The highest BCUT2D eigenvalue weighted by molar-refractivity contribution is 7.91. The van der Waals surface area contributed by atoms with Gasteiger partial charge >= 0.3 is 0 Å². The van der Waals surface area contributed by atoms with Crippen LogP contribution in [0.4, 0.5) is 0 Å². The topological polar surface area (TPSA) is 124 Å². The van der Waals surface area contributed by atoms with E-state index in [0.29, 0.717) is 6.42 Å². The summed E-state index contributed by atoms with van der Waals surface area (Å²) in [6, 6.07) is 7.62. The van der Waals surface area contributed by atoms with E-state index in [-0.39, 0.29) is 72.9 Å². The fourth-order valence-corrected chi connectivity index (χ4v) is 7.17. The molecular formula is C19H24N4O6S2. The number of nitrogens with zero attached hydrogens (tertiary/aromatic N) is 4. The molecule has 2 amide bonds. The molecule has 10 nitrogen and oxygen atoms in total. The molecule has 168 valence electrons. The van der Waals surface area contributed by atoms with Crippen molar-refractivity contribution in [3.05, 3.63) is 30.3 Å². The Morgan fingerprint density at radius 1 is 1.03 bits per heavy atom. The summed E-state index contributed by atoms with van der Waals surface area (Å²) in [7, 11) is -6.81. The van der Waals surface area contributed by atoms with Gasteiger partial charge in [-0.3, -0.25) is 9.59 Å². The molecule has 0 bridgehead atoms. The minimum absolute atomic E-state index is 0.0120. The first-order valence-electron chi connectivity index (χ1n) is 10.1. The number of hydrogen-bond acceptors (Lipinski definition) is 7. The van der Waals surface area contributed by atoms with E-state index in [1.807, 2.05) is 0 Å². The van der Waals surface area contributed by atoms with Gasteiger partial charge in [-0.1, -0.05) is 18.2 Å². The zero-order valence-electron chi connectivity index (χ0n) is 16.9. The van der Waals surface area contributed by atoms with Crippen molar-refractivity contribution in [1.82, 2.24) is 14.2 Å². The molecule has 31 heavy (non-hydrogen) atoms. The number of piperazine rings is 1. The van der Waals surface area contributed by atoms with Crippen LogP contribution in [0.25, 0.3) is 0 Å². The van der Waals surface area contributed by atoms with Gasteiger partial charge in [-0.15, -0.1) is 0 Å². The minimum atomic E-state index is -3.62. The molecule has 0 aromatic heterocycles. The molecule has 0 spiro atoms. The minimum Gasteiger partial charge on any atom is -0.335 e. The average Bonchev–Trinajstić information content (AvgIpc) is 3.13. The Morgan fingerprint density at radius 2 is 1.71 bits per heavy atom. The van der Waals surface area contributed by atoms with Gasteiger partial charge in [-0.25, -0.2) is 21.8 Å². The van der Waals surface area contributed by atoms with E-state index in [9.17, 15) is 26.4 Å². The highest BCUT2D eigenvalue weighted by atomic mass is 32.2. The lowest BCUT2D eigenvalue weighted by Crippen LogP contribution is -2.53. The van der Waals surface area contributed by atoms with Gasteiger partial charge in [-0.2, -0.15) is 9.41 Å². The van der Waals surface area contributed by atoms with E-state index in [1.165, 1.54) is 9.21 Å². The Morgan fingerprint density at radius 3 is 2.32 bits per heavy atom. The van der Waals surface area contributed by atoms with Crippen molar-refractivity contribution in [2.24, 2.45) is 5.10 Å². The molecule has 1 atom stereocenters. The second kappa shape index (κ2) is 8.32. The summed E-state index contributed by atoms with van der Waals surface area (Å²) in [5.74, 6) is -0.745. The first-order chi connectivity index (χ1) is 14.7. The predicted octanol–water partition coefficient (Wildman–Crippen LogP) is -0.315. The van der Waals surface area contributed by atoms with Gasteiger partial charge in [0, 0.05) is 39.0 Å². The van der Waals surface area contributed by atoms with Crippen LogP contribution in [-0.4, -0.2) is 92.3 Å². The Balaban J connectivity index is 1.42. The van der Waals surface area contributed by atoms with Crippen molar-refractivity contribution < 1.29 is 26.4 Å². The number of carbonyl (C=O) groups is 2. The van der Waals surface area contributed by atoms with Crippen LogP contribution < -0.4 is 0 Å². The number of benzene rings is 1. The van der Waals surface area contributed by atoms with E-state index in [0.717, 1.165) is 5.01 Å². The van der Waals surface area contributed by atoms with Gasteiger partial charge in [0.1, 0.15) is 5.71 Å². The molecule has 1 aromatic carbocycles. The normalized spacial score (nSPS) is 24.8. The fraction of sp³-hybridized carbons (Fsp3) is 0.526. The average molecular weight is 469 g/mol. The molecule has 0 aliphatic carbocycles. The zero-order chi connectivity index (χ0) is 22.2. The molecule has 0 unspecified atom stereocenters. The van der Waals surface area contributed by atoms with Crippen LogP contribution in [0.15, 0.2) is 40.3 Å². The maximum atomic E-state index is 12.9. The third kappa shape index (κ3) is 4.51. The van der Waals surface area contributed by atoms with Gasteiger partial charge in [0.05, 0.1) is 22.4 Å². The van der Waals surface area contributed by atoms with Crippen molar-refractivity contribution in [3.63, 3.8) is 0 Å². The monoisotopic (exact) mass is 468 g/mol. The smallest absolute Gasteiger partial charge is 0.270 e. The quantitative estimate of drug-likeness (QED) is 0.597. The van der Waals surface area contributed by atoms with Gasteiger partial charge in [0.2, 0.25) is 15.9 Å². The Kier molecular flexibility index (Phi) is 5.88. The molecule has 0 saturated carbocycles. The van der Waals surface area contributed by atoms with Crippen LogP contribution in [0, 0.1) is 0 Å². The van der Waals surface area contributed by atoms with Crippen LogP contribution in [0.2, 0.25) is 0 Å². The number of hydrogen-bond donors (Lipinski definition) is 0. The van der Waals surface area contributed by atoms with Gasteiger partial charge in [-0.05, 0) is 18.6 Å². The molecule has 2 fully saturated rings. The molecule has 0 radical (unpaired) electrons. The van der Waals surface area contributed by atoms with Crippen LogP contribution in [0.3, 0.4) is 0 Å². The molecule has 3 aliphatic heterocycles. The highest BCUT2D eigenvalue weighted by Gasteiger charge is 2.38. The molecular weight excluding hydrogens is 444 g/mol. The van der Waals surface area contributed by atoms with E-state index < -0.39 is 25.9 Å². The Bertz CT molecular complexity index is 1110. The molecule has 12 heteroatoms. The number of carbonyl (C=O) groups excluding carboxylic acids is 2. The third-order valence-corrected chi connectivity index (χ3v) is 9.43. The lowest BCUT2D eigenvalue weighted by molar-refractivity contribution is -0.134. The number of hydrazone groups is 1. The first kappa shape index (κ1) is 21.9. The first-order valence-corrected chi connectivity index (χ1v) is 13.4. The molecule has 3 heterocycles. The van der Waals surface area contributed by atoms with Gasteiger partial charge in [0.15, 0.2) is 9.84 Å². The van der Waals surface area contributed by atoms with Gasteiger partial charge in [0.25, 0.3) is 5.91 Å². The van der Waals surface area contributed by atoms with Crippen molar-refractivity contribution in [2.75, 3.05) is 37.7 Å². The summed E-state index contributed by atoms with van der Waals surface area (Å²) >= 11 is 0. The summed E-state index contributed by atoms with van der Waals surface area (Å²) < 4.78 is 50.4. The number of amides is 2. The lowest BCUT2D eigenvalue weighted by atomic mass is 10.1. The number of sulfone groups is 1. The van der Waals surface area contributed by atoms with Crippen molar-refractivity contribution in [3.8, 4) is 0 Å². The highest BCUT2D eigenvalue weighted by Crippen LogP contribution is 2.23. The van der Waals surface area contributed by atoms with Crippen LogP contribution in [0.1, 0.15) is 19.3 Å². The van der Waals surface area contributed by atoms with Crippen molar-refractivity contribution in [1.29, 1.82) is 0 Å². The third-order valence-electron chi connectivity index (χ3n) is 5.77. The second-order valence-electron chi connectivity index (χ2n) is 7.85. The summed E-state index contributed by atoms with van der Waals surface area (Å²) in [6.07, 6.45) is 0.606. The Labute approximate surface area is 181 Å². The molecule has 4 rings (SSSR count). The van der Waals surface area contributed by atoms with E-state index >= 15 is 0 Å². The van der Waals surface area contributed by atoms with Crippen LogP contribution in [0.5, 0.6) is 0 Å². The largest absolute Gasteiger partial charge is 0.335 e. The summed E-state index contributed by atoms with van der Waals surface area (Å²) in [5.41, 5.74) is 0.211. The summed E-state index contributed by atoms with van der Waals surface area (Å²) in [4.78, 5) is 26.9. The van der Waals surface area contributed by atoms with E-state index in [1.54, 1.807) is 30.3 Å². The molecule has 1 aromatic rings. The number of sulfonamides is 1. The predicted molar refractivity (Wildman–Crippen MR) is 112 cm³/mol. The maximum Gasteiger partial charge on any atom is 0.270 e. The van der Waals surface area contributed by atoms with Crippen molar-refractivity contribution in [2.45, 2.75) is 30.2 Å².